The Hall–Kier alpha value is -0.630. The van der Waals surface area contributed by atoms with Crippen LogP contribution in [0, 0.1) is 28.1 Å². The standard InChI is InChI=1S/C20H32O2/c1-6-18(4)11-8-14-19(5)10-7-9-17(2,3)15(19)12-16(21)20(14,22)13-18/h6,14-15,22H,1,7-13H2,2-5H3. The van der Waals surface area contributed by atoms with Crippen molar-refractivity contribution in [3.8, 4) is 0 Å². The lowest BCUT2D eigenvalue weighted by atomic mass is 9.42. The third-order valence-corrected chi connectivity index (χ3v) is 7.69. The van der Waals surface area contributed by atoms with Gasteiger partial charge in [0.15, 0.2) is 5.78 Å². The Kier molecular flexibility index (Phi) is 3.46. The van der Waals surface area contributed by atoms with Crippen LogP contribution in [-0.2, 0) is 4.79 Å². The van der Waals surface area contributed by atoms with E-state index >= 15 is 0 Å². The molecule has 0 bridgehead atoms. The van der Waals surface area contributed by atoms with Gasteiger partial charge in [-0.2, -0.15) is 0 Å². The van der Waals surface area contributed by atoms with Gasteiger partial charge >= 0.3 is 0 Å². The number of carbonyl (C=O) groups excluding carboxylic acids is 1. The summed E-state index contributed by atoms with van der Waals surface area (Å²) in [6, 6.07) is 0. The summed E-state index contributed by atoms with van der Waals surface area (Å²) >= 11 is 0. The molecule has 3 aliphatic carbocycles. The predicted molar refractivity (Wildman–Crippen MR) is 89.4 cm³/mol. The fraction of sp³-hybridized carbons (Fsp3) is 0.850. The van der Waals surface area contributed by atoms with Crippen molar-refractivity contribution >= 4 is 5.78 Å². The van der Waals surface area contributed by atoms with Gasteiger partial charge in [0.25, 0.3) is 0 Å². The average molecular weight is 304 g/mol. The van der Waals surface area contributed by atoms with Crippen LogP contribution in [-0.4, -0.2) is 16.5 Å². The molecule has 3 rings (SSSR count). The van der Waals surface area contributed by atoms with Crippen LogP contribution in [0.2, 0.25) is 0 Å². The van der Waals surface area contributed by atoms with Crippen LogP contribution in [0.5, 0.6) is 0 Å². The molecule has 22 heavy (non-hydrogen) atoms. The van der Waals surface area contributed by atoms with Crippen molar-refractivity contribution in [1.82, 2.24) is 0 Å². The Morgan fingerprint density at radius 3 is 2.45 bits per heavy atom. The zero-order valence-electron chi connectivity index (χ0n) is 14.7. The Morgan fingerprint density at radius 1 is 1.14 bits per heavy atom. The molecule has 1 N–H and O–H groups in total. The van der Waals surface area contributed by atoms with Crippen LogP contribution in [0.15, 0.2) is 12.7 Å². The molecule has 5 unspecified atom stereocenters. The van der Waals surface area contributed by atoms with Crippen molar-refractivity contribution in [2.45, 2.75) is 78.2 Å². The van der Waals surface area contributed by atoms with E-state index in [0.29, 0.717) is 18.8 Å². The van der Waals surface area contributed by atoms with E-state index in [9.17, 15) is 9.90 Å². The van der Waals surface area contributed by atoms with E-state index in [0.717, 1.165) is 19.3 Å². The van der Waals surface area contributed by atoms with E-state index < -0.39 is 5.60 Å². The number of fused-ring (bicyclic) bond motifs is 3. The van der Waals surface area contributed by atoms with Crippen LogP contribution in [0.1, 0.15) is 72.6 Å². The van der Waals surface area contributed by atoms with Gasteiger partial charge in [0.1, 0.15) is 5.60 Å². The highest BCUT2D eigenvalue weighted by atomic mass is 16.3. The number of carbonyl (C=O) groups is 1. The van der Waals surface area contributed by atoms with E-state index in [1.54, 1.807) is 0 Å². The Labute approximate surface area is 135 Å². The summed E-state index contributed by atoms with van der Waals surface area (Å²) < 4.78 is 0. The van der Waals surface area contributed by atoms with Crippen molar-refractivity contribution in [2.75, 3.05) is 0 Å². The number of allylic oxidation sites excluding steroid dienone is 1. The molecule has 3 fully saturated rings. The van der Waals surface area contributed by atoms with Crippen LogP contribution < -0.4 is 0 Å². The van der Waals surface area contributed by atoms with Crippen molar-refractivity contribution in [1.29, 1.82) is 0 Å². The molecule has 0 saturated heterocycles. The predicted octanol–water partition coefficient (Wildman–Crippen LogP) is 4.52. The minimum Gasteiger partial charge on any atom is -0.382 e. The summed E-state index contributed by atoms with van der Waals surface area (Å²) in [5, 5.41) is 11.4. The first-order valence-corrected chi connectivity index (χ1v) is 8.97. The van der Waals surface area contributed by atoms with Gasteiger partial charge in [-0.25, -0.2) is 0 Å². The van der Waals surface area contributed by atoms with Gasteiger partial charge in [-0.1, -0.05) is 40.2 Å². The maximum absolute atomic E-state index is 13.0. The molecule has 2 heteroatoms. The molecule has 0 spiro atoms. The van der Waals surface area contributed by atoms with Crippen molar-refractivity contribution in [3.63, 3.8) is 0 Å². The first-order valence-electron chi connectivity index (χ1n) is 8.97. The molecule has 0 heterocycles. The summed E-state index contributed by atoms with van der Waals surface area (Å²) in [5.74, 6) is 0.640. The Balaban J connectivity index is 2.03. The quantitative estimate of drug-likeness (QED) is 0.723. The molecule has 124 valence electrons. The minimum atomic E-state index is -1.13. The van der Waals surface area contributed by atoms with Gasteiger partial charge in [0.05, 0.1) is 0 Å². The smallest absolute Gasteiger partial charge is 0.164 e. The van der Waals surface area contributed by atoms with Gasteiger partial charge < -0.3 is 5.11 Å². The first kappa shape index (κ1) is 16.2. The van der Waals surface area contributed by atoms with E-state index in [1.807, 2.05) is 6.08 Å². The van der Waals surface area contributed by atoms with Crippen molar-refractivity contribution in [3.05, 3.63) is 12.7 Å². The van der Waals surface area contributed by atoms with Crippen LogP contribution >= 0.6 is 0 Å². The largest absolute Gasteiger partial charge is 0.382 e. The lowest BCUT2D eigenvalue weighted by molar-refractivity contribution is -0.202. The molecule has 3 aliphatic rings. The summed E-state index contributed by atoms with van der Waals surface area (Å²) in [6.45, 7) is 13.1. The summed E-state index contributed by atoms with van der Waals surface area (Å²) in [7, 11) is 0. The highest BCUT2D eigenvalue weighted by Gasteiger charge is 2.65. The second kappa shape index (κ2) is 4.69. The lowest BCUT2D eigenvalue weighted by Gasteiger charge is -2.63. The third kappa shape index (κ3) is 2.06. The molecular weight excluding hydrogens is 272 g/mol. The van der Waals surface area contributed by atoms with E-state index in [1.165, 1.54) is 12.8 Å². The highest BCUT2D eigenvalue weighted by Crippen LogP contribution is 2.65. The van der Waals surface area contributed by atoms with Crippen molar-refractivity contribution in [2.24, 2.45) is 28.1 Å². The molecule has 0 aliphatic heterocycles. The SMILES string of the molecule is C=CC1(C)CCC2C(O)(C1)C(=O)CC1C(C)(C)CCCC12C. The van der Waals surface area contributed by atoms with Gasteiger partial charge in [-0.3, -0.25) is 4.79 Å². The van der Waals surface area contributed by atoms with E-state index in [-0.39, 0.29) is 27.9 Å². The summed E-state index contributed by atoms with van der Waals surface area (Å²) in [6.07, 6.45) is 8.65. The zero-order valence-corrected chi connectivity index (χ0v) is 14.7. The molecule has 2 nitrogen and oxygen atoms in total. The van der Waals surface area contributed by atoms with Crippen LogP contribution in [0.4, 0.5) is 0 Å². The number of hydrogen-bond acceptors (Lipinski definition) is 2. The third-order valence-electron chi connectivity index (χ3n) is 7.69. The monoisotopic (exact) mass is 304 g/mol. The Morgan fingerprint density at radius 2 is 1.82 bits per heavy atom. The molecule has 0 aromatic rings. The second-order valence-corrected chi connectivity index (χ2v) is 9.58. The normalized spacial score (nSPS) is 50.9. The zero-order chi connectivity index (χ0) is 16.4. The first-order chi connectivity index (χ1) is 10.1. The van der Waals surface area contributed by atoms with Crippen LogP contribution in [0.25, 0.3) is 0 Å². The number of aliphatic hydroxyl groups is 1. The van der Waals surface area contributed by atoms with Gasteiger partial charge in [-0.05, 0) is 54.3 Å². The number of hydrogen-bond donors (Lipinski definition) is 1. The maximum Gasteiger partial charge on any atom is 0.164 e. The fourth-order valence-electron chi connectivity index (χ4n) is 6.34. The lowest BCUT2D eigenvalue weighted by Crippen LogP contribution is -2.65. The molecule has 0 aromatic heterocycles. The van der Waals surface area contributed by atoms with Gasteiger partial charge in [0, 0.05) is 12.3 Å². The molecule has 0 radical (unpaired) electrons. The van der Waals surface area contributed by atoms with E-state index in [4.69, 9.17) is 0 Å². The second-order valence-electron chi connectivity index (χ2n) is 9.58. The molecule has 0 aromatic carbocycles. The number of ketones is 1. The summed E-state index contributed by atoms with van der Waals surface area (Å²) in [5.41, 5.74) is -0.912. The minimum absolute atomic E-state index is 0.0997. The maximum atomic E-state index is 13.0. The van der Waals surface area contributed by atoms with E-state index in [2.05, 4.69) is 34.3 Å². The fourth-order valence-corrected chi connectivity index (χ4v) is 6.34. The van der Waals surface area contributed by atoms with Crippen LogP contribution in [0.3, 0.4) is 0 Å². The van der Waals surface area contributed by atoms with Crippen molar-refractivity contribution < 1.29 is 9.90 Å². The number of rotatable bonds is 1. The molecule has 5 atom stereocenters. The molecule has 3 saturated carbocycles. The highest BCUT2D eigenvalue weighted by molar-refractivity contribution is 5.89. The average Bonchev–Trinajstić information content (AvgIpc) is 2.41. The summed E-state index contributed by atoms with van der Waals surface area (Å²) in [4.78, 5) is 13.0. The molecule has 0 amide bonds. The topological polar surface area (TPSA) is 37.3 Å². The van der Waals surface area contributed by atoms with Gasteiger partial charge in [0.2, 0.25) is 0 Å². The molecular formula is C20H32O2. The Bertz CT molecular complexity index is 508. The number of Topliss-reactive ketones (excluding diaryl/α,β-unsaturated/α-hetero) is 1. The van der Waals surface area contributed by atoms with Gasteiger partial charge in [-0.15, -0.1) is 6.58 Å².